The number of nitrogens with zero attached hydrogens (tertiary/aromatic N) is 1. The normalized spacial score (nSPS) is 15.2. The third-order valence-corrected chi connectivity index (χ3v) is 3.43. The van der Waals surface area contributed by atoms with E-state index < -0.39 is 0 Å². The van der Waals surface area contributed by atoms with E-state index in [2.05, 4.69) is 6.07 Å². The maximum absolute atomic E-state index is 11.9. The molecule has 0 saturated carbocycles. The minimum Gasteiger partial charge on any atom is -0.399 e. The summed E-state index contributed by atoms with van der Waals surface area (Å²) in [6, 6.07) is 6.06. The number of amides is 1. The van der Waals surface area contributed by atoms with Crippen LogP contribution in [0.4, 0.5) is 5.69 Å². The third-order valence-electron chi connectivity index (χ3n) is 3.43. The van der Waals surface area contributed by atoms with E-state index in [0.717, 1.165) is 49.2 Å². The number of nitrogens with two attached hydrogens (primary N) is 1. The lowest BCUT2D eigenvalue weighted by Crippen LogP contribution is -2.27. The van der Waals surface area contributed by atoms with Gasteiger partial charge in [-0.15, -0.1) is 0 Å². The van der Waals surface area contributed by atoms with E-state index in [1.54, 1.807) is 0 Å². The molecule has 1 aliphatic heterocycles. The van der Waals surface area contributed by atoms with Crippen molar-refractivity contribution in [3.05, 3.63) is 29.3 Å². The smallest absolute Gasteiger partial charge is 0.222 e. The Kier molecular flexibility index (Phi) is 3.67. The molecule has 1 fully saturated rings. The Hall–Kier alpha value is -1.51. The molecule has 0 bridgehead atoms. The number of anilines is 1. The predicted molar refractivity (Wildman–Crippen MR) is 69.7 cm³/mol. The highest BCUT2D eigenvalue weighted by Crippen LogP contribution is 2.15. The van der Waals surface area contributed by atoms with Gasteiger partial charge < -0.3 is 10.6 Å². The van der Waals surface area contributed by atoms with Gasteiger partial charge >= 0.3 is 0 Å². The zero-order chi connectivity index (χ0) is 12.3. The molecule has 1 aromatic carbocycles. The molecule has 0 unspecified atom stereocenters. The van der Waals surface area contributed by atoms with Gasteiger partial charge in [0.25, 0.3) is 0 Å². The Morgan fingerprint density at radius 1 is 1.35 bits per heavy atom. The number of nitrogen functional groups attached to an aromatic ring is 1. The number of rotatable bonds is 3. The first-order valence-corrected chi connectivity index (χ1v) is 6.29. The average molecular weight is 232 g/mol. The van der Waals surface area contributed by atoms with Gasteiger partial charge in [-0.1, -0.05) is 12.1 Å². The molecule has 1 aliphatic rings. The number of carbonyl (C=O) groups excluding carboxylic acids is 1. The predicted octanol–water partition coefficient (Wildman–Crippen LogP) is 2.13. The van der Waals surface area contributed by atoms with Crippen LogP contribution in [0.2, 0.25) is 0 Å². The van der Waals surface area contributed by atoms with Crippen molar-refractivity contribution in [3.8, 4) is 0 Å². The molecule has 1 aromatic rings. The number of benzene rings is 1. The fraction of sp³-hybridized carbons (Fsp3) is 0.500. The molecule has 1 amide bonds. The SMILES string of the molecule is Cc1ccc(CCC(=O)N2CCCC2)cc1N. The Bertz CT molecular complexity index is 409. The topological polar surface area (TPSA) is 46.3 Å². The molecule has 1 saturated heterocycles. The number of carbonyl (C=O) groups is 1. The number of hydrogen-bond donors (Lipinski definition) is 1. The first-order valence-electron chi connectivity index (χ1n) is 6.29. The number of hydrogen-bond acceptors (Lipinski definition) is 2. The zero-order valence-electron chi connectivity index (χ0n) is 10.4. The molecule has 0 aromatic heterocycles. The fourth-order valence-electron chi connectivity index (χ4n) is 2.22. The van der Waals surface area contributed by atoms with Crippen molar-refractivity contribution < 1.29 is 4.79 Å². The standard InChI is InChI=1S/C14H20N2O/c1-11-4-5-12(10-13(11)15)6-7-14(17)16-8-2-3-9-16/h4-5,10H,2-3,6-9,15H2,1H3. The second-order valence-corrected chi connectivity index (χ2v) is 4.78. The van der Waals surface area contributed by atoms with Crippen LogP contribution in [-0.4, -0.2) is 23.9 Å². The lowest BCUT2D eigenvalue weighted by molar-refractivity contribution is -0.130. The Morgan fingerprint density at radius 3 is 2.71 bits per heavy atom. The van der Waals surface area contributed by atoms with Gasteiger partial charge in [-0.25, -0.2) is 0 Å². The molecule has 0 spiro atoms. The van der Waals surface area contributed by atoms with Gasteiger partial charge in [-0.2, -0.15) is 0 Å². The maximum Gasteiger partial charge on any atom is 0.222 e. The second kappa shape index (κ2) is 5.21. The summed E-state index contributed by atoms with van der Waals surface area (Å²) in [6.45, 7) is 3.87. The monoisotopic (exact) mass is 232 g/mol. The maximum atomic E-state index is 11.9. The molecule has 2 N–H and O–H groups in total. The van der Waals surface area contributed by atoms with E-state index >= 15 is 0 Å². The van der Waals surface area contributed by atoms with Gasteiger partial charge in [-0.3, -0.25) is 4.79 Å². The number of aryl methyl sites for hydroxylation is 2. The van der Waals surface area contributed by atoms with Crippen molar-refractivity contribution in [1.29, 1.82) is 0 Å². The van der Waals surface area contributed by atoms with E-state index in [4.69, 9.17) is 5.73 Å². The van der Waals surface area contributed by atoms with Gasteiger partial charge in [0.05, 0.1) is 0 Å². The van der Waals surface area contributed by atoms with Crippen LogP contribution >= 0.6 is 0 Å². The molecule has 0 atom stereocenters. The summed E-state index contributed by atoms with van der Waals surface area (Å²) in [5.74, 6) is 0.279. The first kappa shape index (κ1) is 12.0. The van der Waals surface area contributed by atoms with E-state index in [-0.39, 0.29) is 5.91 Å². The molecule has 0 aliphatic carbocycles. The quantitative estimate of drug-likeness (QED) is 0.811. The summed E-state index contributed by atoms with van der Waals surface area (Å²) in [5.41, 5.74) is 8.92. The van der Waals surface area contributed by atoms with E-state index in [0.29, 0.717) is 6.42 Å². The summed E-state index contributed by atoms with van der Waals surface area (Å²) >= 11 is 0. The van der Waals surface area contributed by atoms with Crippen LogP contribution in [0.5, 0.6) is 0 Å². The summed E-state index contributed by atoms with van der Waals surface area (Å²) in [7, 11) is 0. The van der Waals surface area contributed by atoms with Crippen molar-refractivity contribution in [1.82, 2.24) is 4.90 Å². The highest BCUT2D eigenvalue weighted by molar-refractivity contribution is 5.76. The zero-order valence-corrected chi connectivity index (χ0v) is 10.4. The van der Waals surface area contributed by atoms with Crippen LogP contribution in [0, 0.1) is 6.92 Å². The Morgan fingerprint density at radius 2 is 2.06 bits per heavy atom. The van der Waals surface area contributed by atoms with Crippen LogP contribution < -0.4 is 5.73 Å². The van der Waals surface area contributed by atoms with Gasteiger partial charge in [0, 0.05) is 25.2 Å². The van der Waals surface area contributed by atoms with Crippen molar-refractivity contribution >= 4 is 11.6 Å². The van der Waals surface area contributed by atoms with Crippen LogP contribution in [-0.2, 0) is 11.2 Å². The third kappa shape index (κ3) is 2.99. The highest BCUT2D eigenvalue weighted by Gasteiger charge is 2.17. The van der Waals surface area contributed by atoms with Crippen molar-refractivity contribution in [3.63, 3.8) is 0 Å². The fourth-order valence-corrected chi connectivity index (χ4v) is 2.22. The van der Waals surface area contributed by atoms with Gasteiger partial charge in [-0.05, 0) is 43.4 Å². The summed E-state index contributed by atoms with van der Waals surface area (Å²) in [6.07, 6.45) is 3.70. The Balaban J connectivity index is 1.88. The Labute approximate surface area is 103 Å². The second-order valence-electron chi connectivity index (χ2n) is 4.78. The molecule has 1 heterocycles. The average Bonchev–Trinajstić information content (AvgIpc) is 2.84. The van der Waals surface area contributed by atoms with E-state index in [1.165, 1.54) is 0 Å². The van der Waals surface area contributed by atoms with Crippen molar-refractivity contribution in [2.75, 3.05) is 18.8 Å². The highest BCUT2D eigenvalue weighted by atomic mass is 16.2. The minimum absolute atomic E-state index is 0.279. The molecule has 3 nitrogen and oxygen atoms in total. The molecule has 0 radical (unpaired) electrons. The first-order chi connectivity index (χ1) is 8.16. The molecule has 2 rings (SSSR count). The summed E-state index contributed by atoms with van der Waals surface area (Å²) in [4.78, 5) is 13.8. The van der Waals surface area contributed by atoms with Crippen LogP contribution in [0.1, 0.15) is 30.4 Å². The van der Waals surface area contributed by atoms with Gasteiger partial charge in [0.15, 0.2) is 0 Å². The van der Waals surface area contributed by atoms with Gasteiger partial charge in [0.1, 0.15) is 0 Å². The van der Waals surface area contributed by atoms with Gasteiger partial charge in [0.2, 0.25) is 5.91 Å². The minimum atomic E-state index is 0.279. The largest absolute Gasteiger partial charge is 0.399 e. The van der Waals surface area contributed by atoms with E-state index in [1.807, 2.05) is 24.0 Å². The van der Waals surface area contributed by atoms with Crippen molar-refractivity contribution in [2.24, 2.45) is 0 Å². The lowest BCUT2D eigenvalue weighted by atomic mass is 10.1. The number of likely N-dealkylation sites (tertiary alicyclic amines) is 1. The van der Waals surface area contributed by atoms with Crippen LogP contribution in [0.15, 0.2) is 18.2 Å². The van der Waals surface area contributed by atoms with Crippen LogP contribution in [0.3, 0.4) is 0 Å². The molecule has 92 valence electrons. The molecular formula is C14H20N2O. The van der Waals surface area contributed by atoms with E-state index in [9.17, 15) is 4.79 Å². The van der Waals surface area contributed by atoms with Crippen LogP contribution in [0.25, 0.3) is 0 Å². The lowest BCUT2D eigenvalue weighted by Gasteiger charge is -2.15. The summed E-state index contributed by atoms with van der Waals surface area (Å²) < 4.78 is 0. The summed E-state index contributed by atoms with van der Waals surface area (Å²) in [5, 5.41) is 0. The molecular weight excluding hydrogens is 212 g/mol. The molecule has 3 heteroatoms. The van der Waals surface area contributed by atoms with Crippen molar-refractivity contribution in [2.45, 2.75) is 32.6 Å². The molecule has 17 heavy (non-hydrogen) atoms.